The van der Waals surface area contributed by atoms with Crippen molar-refractivity contribution in [1.82, 2.24) is 0 Å². The first-order valence-corrected chi connectivity index (χ1v) is 9.35. The van der Waals surface area contributed by atoms with E-state index in [1.807, 2.05) is 0 Å². The van der Waals surface area contributed by atoms with Crippen LogP contribution in [-0.2, 0) is 38.2 Å². The quantitative estimate of drug-likeness (QED) is 0.524. The van der Waals surface area contributed by atoms with Crippen LogP contribution in [0.25, 0.3) is 0 Å². The van der Waals surface area contributed by atoms with Gasteiger partial charge < -0.3 is 0 Å². The average Bonchev–Trinajstić information content (AvgIpc) is 2.40. The Labute approximate surface area is 99.3 Å². The van der Waals surface area contributed by atoms with Gasteiger partial charge in [0.05, 0.1) is 23.9 Å². The van der Waals surface area contributed by atoms with Crippen molar-refractivity contribution in [2.75, 3.05) is 23.9 Å². The van der Waals surface area contributed by atoms with E-state index in [1.54, 1.807) is 0 Å². The summed E-state index contributed by atoms with van der Waals surface area (Å²) in [4.78, 5) is 0. The largest absolute Gasteiger partial charge is 0.282 e. The monoisotopic (exact) mass is 306 g/mol. The van der Waals surface area contributed by atoms with Gasteiger partial charge in [-0.15, -0.1) is 3.63 Å². The molecule has 0 aliphatic carbocycles. The summed E-state index contributed by atoms with van der Waals surface area (Å²) < 4.78 is 75.4. The molecule has 17 heavy (non-hydrogen) atoms. The second kappa shape index (κ2) is 3.88. The van der Waals surface area contributed by atoms with E-state index in [-0.39, 0.29) is 12.4 Å². The SMILES string of the molecule is O=S1(=O)CC(C2CS(=O)(=O)OS(=O)(=O)C2)CO1. The summed E-state index contributed by atoms with van der Waals surface area (Å²) >= 11 is 0. The Kier molecular flexibility index (Phi) is 3.02. The number of rotatable bonds is 1. The van der Waals surface area contributed by atoms with Crippen LogP contribution in [0.2, 0.25) is 0 Å². The second-order valence-corrected chi connectivity index (χ2v) is 9.17. The molecule has 8 nitrogen and oxygen atoms in total. The first kappa shape index (κ1) is 13.2. The summed E-state index contributed by atoms with van der Waals surface area (Å²) in [5.74, 6) is -2.81. The minimum atomic E-state index is -4.15. The summed E-state index contributed by atoms with van der Waals surface area (Å²) in [7, 11) is -12.0. The van der Waals surface area contributed by atoms with Gasteiger partial charge in [0.25, 0.3) is 30.4 Å². The third-order valence-corrected chi connectivity index (χ3v) is 7.25. The fourth-order valence-electron chi connectivity index (χ4n) is 1.88. The van der Waals surface area contributed by atoms with Gasteiger partial charge in [-0.05, 0) is 5.92 Å². The fraction of sp³-hybridized carbons (Fsp3) is 1.00. The van der Waals surface area contributed by atoms with Crippen molar-refractivity contribution >= 4 is 30.4 Å². The maximum atomic E-state index is 11.2. The van der Waals surface area contributed by atoms with Gasteiger partial charge >= 0.3 is 0 Å². The third-order valence-electron chi connectivity index (χ3n) is 2.59. The lowest BCUT2D eigenvalue weighted by Gasteiger charge is -2.24. The highest BCUT2D eigenvalue weighted by Crippen LogP contribution is 2.29. The van der Waals surface area contributed by atoms with Crippen LogP contribution >= 0.6 is 0 Å². The Morgan fingerprint density at radius 2 is 1.18 bits per heavy atom. The molecule has 2 saturated heterocycles. The molecule has 0 radical (unpaired) electrons. The second-order valence-electron chi connectivity index (χ2n) is 4.05. The van der Waals surface area contributed by atoms with Crippen molar-refractivity contribution in [3.63, 3.8) is 0 Å². The van der Waals surface area contributed by atoms with Crippen molar-refractivity contribution in [2.24, 2.45) is 11.8 Å². The van der Waals surface area contributed by atoms with E-state index in [9.17, 15) is 25.3 Å². The number of hydrogen-bond donors (Lipinski definition) is 0. The minimum absolute atomic E-state index is 0.183. The van der Waals surface area contributed by atoms with Crippen molar-refractivity contribution in [3.05, 3.63) is 0 Å². The minimum Gasteiger partial charge on any atom is -0.270 e. The Balaban J connectivity index is 2.23. The molecule has 2 aliphatic heterocycles. The van der Waals surface area contributed by atoms with Crippen LogP contribution in [0.15, 0.2) is 0 Å². The summed E-state index contributed by atoms with van der Waals surface area (Å²) in [6.07, 6.45) is 0. The maximum absolute atomic E-state index is 11.2. The molecule has 0 aromatic rings. The molecule has 2 fully saturated rings. The van der Waals surface area contributed by atoms with Crippen LogP contribution in [0, 0.1) is 11.8 Å². The van der Waals surface area contributed by atoms with Gasteiger partial charge in [0.15, 0.2) is 0 Å². The molecule has 1 atom stereocenters. The molecule has 0 spiro atoms. The Morgan fingerprint density at radius 1 is 0.706 bits per heavy atom. The molecule has 11 heteroatoms. The van der Waals surface area contributed by atoms with Crippen LogP contribution in [0.3, 0.4) is 0 Å². The van der Waals surface area contributed by atoms with E-state index in [0.29, 0.717) is 0 Å². The van der Waals surface area contributed by atoms with E-state index in [0.717, 1.165) is 0 Å². The van der Waals surface area contributed by atoms with Gasteiger partial charge in [-0.2, -0.15) is 25.3 Å². The summed E-state index contributed by atoms with van der Waals surface area (Å²) in [6.45, 7) is -0.183. The normalized spacial score (nSPS) is 35.6. The lowest BCUT2D eigenvalue weighted by molar-refractivity contribution is 0.271. The molecule has 1 unspecified atom stereocenters. The van der Waals surface area contributed by atoms with Crippen molar-refractivity contribution in [2.45, 2.75) is 0 Å². The first-order valence-electron chi connectivity index (χ1n) is 4.62. The lowest BCUT2D eigenvalue weighted by Crippen LogP contribution is -2.39. The smallest absolute Gasteiger partial charge is 0.270 e. The Bertz CT molecular complexity index is 578. The lowest BCUT2D eigenvalue weighted by atomic mass is 9.99. The molecule has 100 valence electrons. The van der Waals surface area contributed by atoms with Crippen molar-refractivity contribution in [1.29, 1.82) is 0 Å². The van der Waals surface area contributed by atoms with E-state index in [1.165, 1.54) is 0 Å². The molecule has 0 bridgehead atoms. The topological polar surface area (TPSA) is 121 Å². The molecule has 2 heterocycles. The molecule has 0 N–H and O–H groups in total. The van der Waals surface area contributed by atoms with Crippen LogP contribution in [0.5, 0.6) is 0 Å². The highest BCUT2D eigenvalue weighted by Gasteiger charge is 2.44. The van der Waals surface area contributed by atoms with Gasteiger partial charge in [0.1, 0.15) is 0 Å². The van der Waals surface area contributed by atoms with Crippen molar-refractivity contribution < 1.29 is 33.1 Å². The predicted molar refractivity (Wildman–Crippen MR) is 55.4 cm³/mol. The standard InChI is InChI=1S/C6H10O8S3/c7-15(8)2-5(1-13-15)6-3-16(9,10)14-17(11,12)4-6/h5-6H,1-4H2. The van der Waals surface area contributed by atoms with Crippen LogP contribution in [-0.4, -0.2) is 49.1 Å². The first-order chi connectivity index (χ1) is 7.59. The summed E-state index contributed by atoms with van der Waals surface area (Å²) in [6, 6.07) is 0. The van der Waals surface area contributed by atoms with Crippen molar-refractivity contribution in [3.8, 4) is 0 Å². The van der Waals surface area contributed by atoms with E-state index < -0.39 is 53.7 Å². The van der Waals surface area contributed by atoms with Gasteiger partial charge in [0, 0.05) is 5.92 Å². The fourth-order valence-corrected chi connectivity index (χ4v) is 6.94. The third kappa shape index (κ3) is 3.16. The highest BCUT2D eigenvalue weighted by molar-refractivity contribution is 8.00. The molecule has 0 saturated carbocycles. The zero-order valence-electron chi connectivity index (χ0n) is 8.47. The van der Waals surface area contributed by atoms with E-state index >= 15 is 0 Å². The Hall–Kier alpha value is -0.230. The summed E-state index contributed by atoms with van der Waals surface area (Å²) in [5.41, 5.74) is 0. The summed E-state index contributed by atoms with van der Waals surface area (Å²) in [5, 5.41) is 0. The van der Waals surface area contributed by atoms with Gasteiger partial charge in [-0.1, -0.05) is 0 Å². The van der Waals surface area contributed by atoms with Gasteiger partial charge in [-0.25, -0.2) is 0 Å². The van der Waals surface area contributed by atoms with Crippen LogP contribution < -0.4 is 0 Å². The maximum Gasteiger partial charge on any atom is 0.282 e. The molecule has 0 aromatic carbocycles. The van der Waals surface area contributed by atoms with E-state index in [4.69, 9.17) is 0 Å². The molecule has 2 aliphatic rings. The number of hydrogen-bond acceptors (Lipinski definition) is 8. The predicted octanol–water partition coefficient (Wildman–Crippen LogP) is -1.73. The molecular weight excluding hydrogens is 296 g/mol. The van der Waals surface area contributed by atoms with Crippen LogP contribution in [0.4, 0.5) is 0 Å². The van der Waals surface area contributed by atoms with Gasteiger partial charge in [-0.3, -0.25) is 4.18 Å². The zero-order chi connectivity index (χ0) is 12.9. The highest BCUT2D eigenvalue weighted by atomic mass is 32.3. The Morgan fingerprint density at radius 3 is 1.59 bits per heavy atom. The molecular formula is C6H10O8S3. The molecule has 2 rings (SSSR count). The zero-order valence-corrected chi connectivity index (χ0v) is 10.9. The van der Waals surface area contributed by atoms with Crippen LogP contribution in [0.1, 0.15) is 0 Å². The molecule has 0 aromatic heterocycles. The van der Waals surface area contributed by atoms with Gasteiger partial charge in [0.2, 0.25) is 0 Å². The average molecular weight is 306 g/mol. The molecule has 0 amide bonds. The van der Waals surface area contributed by atoms with E-state index in [2.05, 4.69) is 7.81 Å².